The number of para-hydroxylation sites is 2. The van der Waals surface area contributed by atoms with Crippen LogP contribution in [-0.2, 0) is 22.7 Å². The summed E-state index contributed by atoms with van der Waals surface area (Å²) in [6.07, 6.45) is 0. The van der Waals surface area contributed by atoms with Crippen LogP contribution in [0.15, 0.2) is 29.1 Å². The highest BCUT2D eigenvalue weighted by Crippen LogP contribution is 2.12. The number of rotatable bonds is 5. The van der Waals surface area contributed by atoms with E-state index in [1.807, 2.05) is 31.2 Å². The number of benzene rings is 1. The maximum Gasteiger partial charge on any atom is 0.329 e. The molecule has 1 heterocycles. The van der Waals surface area contributed by atoms with Gasteiger partial charge in [0.1, 0.15) is 6.54 Å². The van der Waals surface area contributed by atoms with Gasteiger partial charge in [-0.1, -0.05) is 12.1 Å². The standard InChI is InChI=1S/C13H17N3O3/c1-3-15-10-7-5-6-8-11(10)16(13(15)18)9-12(17)14-19-4-2/h5-8H,3-4,9H2,1-2H3,(H,14,17). The van der Waals surface area contributed by atoms with E-state index >= 15 is 0 Å². The molecule has 1 aromatic carbocycles. The van der Waals surface area contributed by atoms with Crippen LogP contribution in [-0.4, -0.2) is 21.6 Å². The van der Waals surface area contributed by atoms with Crippen LogP contribution in [0, 0.1) is 0 Å². The lowest BCUT2D eigenvalue weighted by molar-refractivity contribution is -0.133. The molecular weight excluding hydrogens is 246 g/mol. The summed E-state index contributed by atoms with van der Waals surface area (Å²) in [5.41, 5.74) is 3.69. The number of aromatic nitrogens is 2. The summed E-state index contributed by atoms with van der Waals surface area (Å²) >= 11 is 0. The Balaban J connectivity index is 2.40. The monoisotopic (exact) mass is 263 g/mol. The van der Waals surface area contributed by atoms with E-state index < -0.39 is 0 Å². The Bertz CT molecular complexity index is 642. The minimum Gasteiger partial charge on any atom is -0.292 e. The Morgan fingerprint density at radius 2 is 1.84 bits per heavy atom. The van der Waals surface area contributed by atoms with Gasteiger partial charge in [0.2, 0.25) is 0 Å². The zero-order valence-electron chi connectivity index (χ0n) is 11.0. The van der Waals surface area contributed by atoms with Crippen molar-refractivity contribution in [1.29, 1.82) is 0 Å². The lowest BCUT2D eigenvalue weighted by atomic mass is 10.3. The first-order valence-electron chi connectivity index (χ1n) is 6.27. The van der Waals surface area contributed by atoms with Gasteiger partial charge in [0.25, 0.3) is 5.91 Å². The molecule has 1 amide bonds. The molecule has 6 nitrogen and oxygen atoms in total. The quantitative estimate of drug-likeness (QED) is 0.815. The molecule has 0 aliphatic rings. The van der Waals surface area contributed by atoms with Crippen molar-refractivity contribution in [3.05, 3.63) is 34.7 Å². The third kappa shape index (κ3) is 2.53. The molecule has 2 rings (SSSR count). The third-order valence-corrected chi connectivity index (χ3v) is 2.87. The van der Waals surface area contributed by atoms with Crippen LogP contribution in [0.5, 0.6) is 0 Å². The second-order valence-electron chi connectivity index (χ2n) is 4.06. The number of amides is 1. The van der Waals surface area contributed by atoms with Gasteiger partial charge in [0, 0.05) is 6.54 Å². The molecule has 0 atom stereocenters. The summed E-state index contributed by atoms with van der Waals surface area (Å²) in [5.74, 6) is -0.344. The lowest BCUT2D eigenvalue weighted by Crippen LogP contribution is -2.33. The van der Waals surface area contributed by atoms with Gasteiger partial charge in [-0.15, -0.1) is 0 Å². The zero-order valence-corrected chi connectivity index (χ0v) is 11.0. The maximum atomic E-state index is 12.2. The van der Waals surface area contributed by atoms with Crippen LogP contribution >= 0.6 is 0 Å². The molecule has 6 heteroatoms. The molecule has 0 aliphatic carbocycles. The Hall–Kier alpha value is -2.08. The van der Waals surface area contributed by atoms with Gasteiger partial charge in [-0.25, -0.2) is 10.3 Å². The number of fused-ring (bicyclic) bond motifs is 1. The van der Waals surface area contributed by atoms with Gasteiger partial charge >= 0.3 is 5.69 Å². The van der Waals surface area contributed by atoms with Crippen LogP contribution < -0.4 is 11.2 Å². The van der Waals surface area contributed by atoms with E-state index in [4.69, 9.17) is 4.84 Å². The number of hydrogen-bond donors (Lipinski definition) is 1. The molecule has 0 saturated carbocycles. The van der Waals surface area contributed by atoms with Crippen molar-refractivity contribution in [3.63, 3.8) is 0 Å². The summed E-state index contributed by atoms with van der Waals surface area (Å²) in [6.45, 7) is 4.58. The molecule has 0 unspecified atom stereocenters. The predicted octanol–water partition coefficient (Wildman–Crippen LogP) is 0.891. The summed E-state index contributed by atoms with van der Waals surface area (Å²) in [6, 6.07) is 7.42. The van der Waals surface area contributed by atoms with Gasteiger partial charge in [0.15, 0.2) is 0 Å². The first kappa shape index (κ1) is 13.4. The molecule has 0 aliphatic heterocycles. The average Bonchev–Trinajstić information content (AvgIpc) is 2.69. The van der Waals surface area contributed by atoms with Crippen LogP contribution in [0.2, 0.25) is 0 Å². The van der Waals surface area contributed by atoms with Crippen molar-refractivity contribution in [3.8, 4) is 0 Å². The molecule has 0 bridgehead atoms. The van der Waals surface area contributed by atoms with Crippen molar-refractivity contribution in [1.82, 2.24) is 14.6 Å². The van der Waals surface area contributed by atoms with Crippen LogP contribution in [0.4, 0.5) is 0 Å². The van der Waals surface area contributed by atoms with E-state index in [2.05, 4.69) is 5.48 Å². The molecule has 0 fully saturated rings. The lowest BCUT2D eigenvalue weighted by Gasteiger charge is -2.04. The molecule has 0 spiro atoms. The van der Waals surface area contributed by atoms with Crippen molar-refractivity contribution in [2.75, 3.05) is 6.61 Å². The van der Waals surface area contributed by atoms with Crippen LogP contribution in [0.3, 0.4) is 0 Å². The molecule has 1 N–H and O–H groups in total. The summed E-state index contributed by atoms with van der Waals surface area (Å²) < 4.78 is 3.09. The number of hydrogen-bond acceptors (Lipinski definition) is 3. The van der Waals surface area contributed by atoms with E-state index in [1.54, 1.807) is 11.5 Å². The second-order valence-corrected chi connectivity index (χ2v) is 4.06. The summed E-state index contributed by atoms with van der Waals surface area (Å²) in [4.78, 5) is 28.7. The van der Waals surface area contributed by atoms with Crippen molar-refractivity contribution < 1.29 is 9.63 Å². The van der Waals surface area contributed by atoms with Gasteiger partial charge in [-0.2, -0.15) is 0 Å². The van der Waals surface area contributed by atoms with Gasteiger partial charge in [-0.05, 0) is 26.0 Å². The molecule has 0 saturated heterocycles. The number of aryl methyl sites for hydroxylation is 1. The Kier molecular flexibility index (Phi) is 4.01. The molecule has 19 heavy (non-hydrogen) atoms. The SMILES string of the molecule is CCONC(=O)Cn1c(=O)n(CC)c2ccccc21. The smallest absolute Gasteiger partial charge is 0.292 e. The maximum absolute atomic E-state index is 12.2. The fraction of sp³-hybridized carbons (Fsp3) is 0.385. The highest BCUT2D eigenvalue weighted by molar-refractivity contribution is 5.80. The number of imidazole rings is 1. The average molecular weight is 263 g/mol. The largest absolute Gasteiger partial charge is 0.329 e. The van der Waals surface area contributed by atoms with Crippen molar-refractivity contribution in [2.24, 2.45) is 0 Å². The van der Waals surface area contributed by atoms with Crippen molar-refractivity contribution >= 4 is 16.9 Å². The Morgan fingerprint density at radius 3 is 2.42 bits per heavy atom. The van der Waals surface area contributed by atoms with E-state index in [-0.39, 0.29) is 18.1 Å². The number of nitrogens with zero attached hydrogens (tertiary/aromatic N) is 2. The molecular formula is C13H17N3O3. The topological polar surface area (TPSA) is 65.3 Å². The number of carbonyl (C=O) groups is 1. The number of hydroxylamine groups is 1. The first-order valence-corrected chi connectivity index (χ1v) is 6.27. The minimum absolute atomic E-state index is 0.0493. The van der Waals surface area contributed by atoms with Crippen molar-refractivity contribution in [2.45, 2.75) is 26.9 Å². The van der Waals surface area contributed by atoms with Gasteiger partial charge in [0.05, 0.1) is 17.6 Å². The van der Waals surface area contributed by atoms with Gasteiger partial charge < -0.3 is 0 Å². The predicted molar refractivity (Wildman–Crippen MR) is 71.6 cm³/mol. The van der Waals surface area contributed by atoms with Crippen LogP contribution in [0.25, 0.3) is 11.0 Å². The number of nitrogens with one attached hydrogen (secondary N) is 1. The fourth-order valence-corrected chi connectivity index (χ4v) is 2.06. The Labute approximate surface area is 110 Å². The molecule has 1 aromatic heterocycles. The fourth-order valence-electron chi connectivity index (χ4n) is 2.06. The minimum atomic E-state index is -0.344. The van der Waals surface area contributed by atoms with Gasteiger partial charge in [-0.3, -0.25) is 18.8 Å². The first-order chi connectivity index (χ1) is 9.19. The Morgan fingerprint density at radius 1 is 1.21 bits per heavy atom. The highest BCUT2D eigenvalue weighted by atomic mass is 16.6. The third-order valence-electron chi connectivity index (χ3n) is 2.87. The van der Waals surface area contributed by atoms with E-state index in [0.717, 1.165) is 11.0 Å². The normalized spacial score (nSPS) is 10.8. The number of carbonyl (C=O) groups excluding carboxylic acids is 1. The highest BCUT2D eigenvalue weighted by Gasteiger charge is 2.13. The van der Waals surface area contributed by atoms with Crippen LogP contribution in [0.1, 0.15) is 13.8 Å². The zero-order chi connectivity index (χ0) is 13.8. The molecule has 102 valence electrons. The summed E-state index contributed by atoms with van der Waals surface area (Å²) in [5, 5.41) is 0. The van der Waals surface area contributed by atoms with E-state index in [1.165, 1.54) is 4.57 Å². The molecule has 2 aromatic rings. The molecule has 0 radical (unpaired) electrons. The van der Waals surface area contributed by atoms with E-state index in [0.29, 0.717) is 13.2 Å². The summed E-state index contributed by atoms with van der Waals surface area (Å²) in [7, 11) is 0. The second kappa shape index (κ2) is 5.71. The van der Waals surface area contributed by atoms with E-state index in [9.17, 15) is 9.59 Å².